The Bertz CT molecular complexity index is 409. The molecule has 0 aliphatic rings. The second kappa shape index (κ2) is 6.20. The number of amides is 1. The second-order valence-electron chi connectivity index (χ2n) is 2.82. The summed E-state index contributed by atoms with van der Waals surface area (Å²) in [5.41, 5.74) is 1.93. The van der Waals surface area contributed by atoms with Gasteiger partial charge in [-0.1, -0.05) is 0 Å². The fourth-order valence-corrected chi connectivity index (χ4v) is 5.80. The summed E-state index contributed by atoms with van der Waals surface area (Å²) < 4.78 is 3.19. The average molecular weight is 561 g/mol. The van der Waals surface area contributed by atoms with Gasteiger partial charge in [0.05, 0.1) is 5.69 Å². The zero-order valence-corrected chi connectivity index (χ0v) is 14.9. The molecule has 1 amide bonds. The van der Waals surface area contributed by atoms with E-state index in [0.29, 0.717) is 5.88 Å². The fourth-order valence-electron chi connectivity index (χ4n) is 1.04. The fraction of sp³-hybridized carbons (Fsp3) is 0.222. The summed E-state index contributed by atoms with van der Waals surface area (Å²) in [5, 5.41) is 2.83. The van der Waals surface area contributed by atoms with Gasteiger partial charge in [-0.15, -0.1) is 11.6 Å². The largest absolute Gasteiger partial charge is 0.324 e. The first-order valence-corrected chi connectivity index (χ1v) is 7.74. The molecule has 15 heavy (non-hydrogen) atoms. The highest BCUT2D eigenvalue weighted by atomic mass is 127. The Morgan fingerprint density at radius 2 is 2.00 bits per heavy atom. The third-order valence-electron chi connectivity index (χ3n) is 1.70. The first-order valence-electron chi connectivity index (χ1n) is 3.97. The number of nitrogens with one attached hydrogen (secondary N) is 1. The maximum Gasteiger partial charge on any atom is 0.221 e. The van der Waals surface area contributed by atoms with Crippen LogP contribution in [0.1, 0.15) is 12.5 Å². The van der Waals surface area contributed by atoms with Crippen LogP contribution >= 0.6 is 79.4 Å². The molecule has 0 fully saturated rings. The van der Waals surface area contributed by atoms with Gasteiger partial charge in [0.2, 0.25) is 5.91 Å². The van der Waals surface area contributed by atoms with Crippen molar-refractivity contribution in [2.24, 2.45) is 0 Å². The van der Waals surface area contributed by atoms with Gasteiger partial charge < -0.3 is 5.32 Å². The second-order valence-corrected chi connectivity index (χ2v) is 6.49. The number of rotatable bonds is 2. The molecule has 0 aromatic heterocycles. The van der Waals surface area contributed by atoms with E-state index in [1.165, 1.54) is 6.92 Å². The molecule has 1 N–H and O–H groups in total. The molecule has 1 aromatic carbocycles. The molecular formula is C9H7ClI3NO. The minimum absolute atomic E-state index is 0.0624. The normalized spacial score (nSPS) is 10.2. The van der Waals surface area contributed by atoms with Crippen LogP contribution in [0.3, 0.4) is 0 Å². The van der Waals surface area contributed by atoms with Crippen molar-refractivity contribution in [2.75, 3.05) is 5.32 Å². The maximum absolute atomic E-state index is 11.0. The molecule has 0 aliphatic heterocycles. The van der Waals surface area contributed by atoms with Crippen molar-refractivity contribution in [2.45, 2.75) is 12.8 Å². The number of carbonyl (C=O) groups excluding carboxylic acids is 1. The van der Waals surface area contributed by atoms with Gasteiger partial charge in [-0.25, -0.2) is 0 Å². The number of halogens is 4. The Balaban J connectivity index is 3.32. The zero-order chi connectivity index (χ0) is 11.6. The Morgan fingerprint density at radius 1 is 1.40 bits per heavy atom. The summed E-state index contributed by atoms with van der Waals surface area (Å²) in [4.78, 5) is 11.0. The molecule has 0 unspecified atom stereocenters. The van der Waals surface area contributed by atoms with Gasteiger partial charge in [-0.3, -0.25) is 4.79 Å². The van der Waals surface area contributed by atoms with E-state index in [4.69, 9.17) is 11.6 Å². The lowest BCUT2D eigenvalue weighted by molar-refractivity contribution is -0.114. The smallest absolute Gasteiger partial charge is 0.221 e. The molecule has 0 spiro atoms. The Morgan fingerprint density at radius 3 is 2.47 bits per heavy atom. The van der Waals surface area contributed by atoms with Crippen LogP contribution in [0.25, 0.3) is 0 Å². The number of anilines is 1. The molecule has 0 saturated heterocycles. The van der Waals surface area contributed by atoms with Crippen LogP contribution < -0.4 is 5.32 Å². The summed E-state index contributed by atoms with van der Waals surface area (Å²) in [7, 11) is 0. The van der Waals surface area contributed by atoms with E-state index in [-0.39, 0.29) is 5.91 Å². The number of alkyl halides is 1. The Hall–Kier alpha value is 1.17. The highest BCUT2D eigenvalue weighted by molar-refractivity contribution is 14.1. The average Bonchev–Trinajstić information content (AvgIpc) is 2.12. The molecule has 0 saturated carbocycles. The van der Waals surface area contributed by atoms with Crippen LogP contribution in [-0.4, -0.2) is 5.91 Å². The van der Waals surface area contributed by atoms with Gasteiger partial charge in [-0.2, -0.15) is 0 Å². The lowest BCUT2D eigenvalue weighted by Gasteiger charge is -2.13. The van der Waals surface area contributed by atoms with Crippen LogP contribution in [0.15, 0.2) is 6.07 Å². The van der Waals surface area contributed by atoms with Gasteiger partial charge in [0.25, 0.3) is 0 Å². The Labute approximate surface area is 134 Å². The molecule has 0 aliphatic carbocycles. The lowest BCUT2D eigenvalue weighted by atomic mass is 10.2. The summed E-state index contributed by atoms with van der Waals surface area (Å²) >= 11 is 12.6. The summed E-state index contributed by atoms with van der Waals surface area (Å²) in [6.07, 6.45) is 0. The molecule has 0 bridgehead atoms. The van der Waals surface area contributed by atoms with Crippen LogP contribution in [0.5, 0.6) is 0 Å². The van der Waals surface area contributed by atoms with Crippen molar-refractivity contribution < 1.29 is 4.79 Å². The van der Waals surface area contributed by atoms with Gasteiger partial charge in [-0.05, 0) is 79.4 Å². The molecule has 82 valence electrons. The van der Waals surface area contributed by atoms with E-state index in [2.05, 4.69) is 73.1 Å². The van der Waals surface area contributed by atoms with Crippen LogP contribution in [-0.2, 0) is 10.7 Å². The van der Waals surface area contributed by atoms with Gasteiger partial charge in [0.1, 0.15) is 0 Å². The monoisotopic (exact) mass is 561 g/mol. The van der Waals surface area contributed by atoms with Crippen molar-refractivity contribution in [1.82, 2.24) is 0 Å². The van der Waals surface area contributed by atoms with Crippen molar-refractivity contribution in [1.29, 1.82) is 0 Å². The number of hydrogen-bond donors (Lipinski definition) is 1. The standard InChI is InChI=1S/C9H7ClI3NO/c1-4(15)14-9-7(12)2-6(11)5(3-10)8(9)13/h2H,3H2,1H3,(H,14,15). The van der Waals surface area contributed by atoms with E-state index in [1.807, 2.05) is 6.07 Å². The SMILES string of the molecule is CC(=O)Nc1c(I)cc(I)c(CCl)c1I. The van der Waals surface area contributed by atoms with Crippen molar-refractivity contribution in [3.05, 3.63) is 22.3 Å². The number of benzene rings is 1. The molecule has 1 aromatic rings. The van der Waals surface area contributed by atoms with Gasteiger partial charge in [0.15, 0.2) is 0 Å². The minimum atomic E-state index is -0.0624. The highest BCUT2D eigenvalue weighted by Crippen LogP contribution is 2.32. The highest BCUT2D eigenvalue weighted by Gasteiger charge is 2.13. The Kier molecular flexibility index (Phi) is 5.88. The summed E-state index contributed by atoms with van der Waals surface area (Å²) in [6.45, 7) is 1.50. The summed E-state index contributed by atoms with van der Waals surface area (Å²) in [6, 6.07) is 2.02. The zero-order valence-electron chi connectivity index (χ0n) is 7.70. The van der Waals surface area contributed by atoms with E-state index in [1.54, 1.807) is 0 Å². The van der Waals surface area contributed by atoms with Gasteiger partial charge >= 0.3 is 0 Å². The molecule has 2 nitrogen and oxygen atoms in total. The maximum atomic E-state index is 11.0. The van der Waals surface area contributed by atoms with Crippen LogP contribution in [0.4, 0.5) is 5.69 Å². The number of carbonyl (C=O) groups is 1. The van der Waals surface area contributed by atoms with E-state index >= 15 is 0 Å². The first-order chi connectivity index (χ1) is 6.97. The molecule has 0 radical (unpaired) electrons. The topological polar surface area (TPSA) is 29.1 Å². The van der Waals surface area contributed by atoms with E-state index in [9.17, 15) is 4.79 Å². The van der Waals surface area contributed by atoms with Gasteiger partial charge in [0, 0.05) is 23.5 Å². The predicted molar refractivity (Wildman–Crippen MR) is 88.5 cm³/mol. The summed E-state index contributed by atoms with van der Waals surface area (Å²) in [5.74, 6) is 0.396. The number of hydrogen-bond acceptors (Lipinski definition) is 1. The first kappa shape index (κ1) is 14.2. The predicted octanol–water partition coefficient (Wildman–Crippen LogP) is 4.20. The minimum Gasteiger partial charge on any atom is -0.324 e. The lowest BCUT2D eigenvalue weighted by Crippen LogP contribution is -2.10. The molecule has 0 heterocycles. The molecule has 0 atom stereocenters. The van der Waals surface area contributed by atoms with E-state index in [0.717, 1.165) is 22.0 Å². The van der Waals surface area contributed by atoms with Crippen LogP contribution in [0.2, 0.25) is 0 Å². The van der Waals surface area contributed by atoms with Crippen molar-refractivity contribution in [3.8, 4) is 0 Å². The van der Waals surface area contributed by atoms with Crippen molar-refractivity contribution >= 4 is 91.0 Å². The molecule has 6 heteroatoms. The molecule has 1 rings (SSSR count). The quantitative estimate of drug-likeness (QED) is 0.426. The third kappa shape index (κ3) is 3.56. The third-order valence-corrected chi connectivity index (χ3v) is 4.97. The van der Waals surface area contributed by atoms with E-state index < -0.39 is 0 Å². The van der Waals surface area contributed by atoms with Crippen molar-refractivity contribution in [3.63, 3.8) is 0 Å². The molecular weight excluding hydrogens is 554 g/mol. The van der Waals surface area contributed by atoms with Crippen LogP contribution in [0, 0.1) is 10.7 Å².